The van der Waals surface area contributed by atoms with E-state index in [2.05, 4.69) is 4.98 Å². The number of piperidine rings is 1. The van der Waals surface area contributed by atoms with E-state index in [9.17, 15) is 18.8 Å². The Morgan fingerprint density at radius 1 is 1.00 bits per heavy atom. The van der Waals surface area contributed by atoms with Crippen LogP contribution in [0.1, 0.15) is 32.3 Å². The number of hydrogen-bond donors (Lipinski definition) is 0. The molecule has 0 atom stereocenters. The van der Waals surface area contributed by atoms with Crippen molar-refractivity contribution in [3.8, 4) is 5.75 Å². The number of piperazine rings is 1. The van der Waals surface area contributed by atoms with E-state index >= 15 is 0 Å². The molecular formula is C25H29FN4O4. The van der Waals surface area contributed by atoms with E-state index in [4.69, 9.17) is 4.74 Å². The van der Waals surface area contributed by atoms with E-state index in [0.717, 1.165) is 5.56 Å². The fourth-order valence-corrected chi connectivity index (χ4v) is 4.26. The lowest BCUT2D eigenvalue weighted by atomic mass is 9.81. The molecule has 2 aliphatic heterocycles. The van der Waals surface area contributed by atoms with Crippen LogP contribution in [-0.2, 0) is 16.0 Å². The first-order chi connectivity index (χ1) is 16.2. The van der Waals surface area contributed by atoms with Crippen LogP contribution in [0.2, 0.25) is 0 Å². The second-order valence-electron chi connectivity index (χ2n) is 9.53. The Morgan fingerprint density at radius 2 is 1.65 bits per heavy atom. The molecule has 2 fully saturated rings. The average Bonchev–Trinajstić information content (AvgIpc) is 2.79. The zero-order valence-electron chi connectivity index (χ0n) is 19.5. The van der Waals surface area contributed by atoms with Crippen molar-refractivity contribution in [3.05, 3.63) is 54.0 Å². The highest BCUT2D eigenvalue weighted by atomic mass is 19.1. The van der Waals surface area contributed by atoms with Gasteiger partial charge in [0.2, 0.25) is 11.8 Å². The number of aromatic nitrogens is 1. The lowest BCUT2D eigenvalue weighted by molar-refractivity contribution is -0.152. The zero-order valence-corrected chi connectivity index (χ0v) is 19.5. The molecule has 3 amide bonds. The number of benzene rings is 1. The van der Waals surface area contributed by atoms with Gasteiger partial charge >= 0.3 is 6.09 Å². The van der Waals surface area contributed by atoms with Crippen molar-refractivity contribution < 1.29 is 23.5 Å². The number of hydrogen-bond acceptors (Lipinski definition) is 6. The molecule has 1 aromatic carbocycles. The molecule has 9 heteroatoms. The summed E-state index contributed by atoms with van der Waals surface area (Å²) in [6.45, 7) is 6.33. The second-order valence-corrected chi connectivity index (χ2v) is 9.53. The van der Waals surface area contributed by atoms with Crippen LogP contribution in [0.4, 0.5) is 15.0 Å². The highest BCUT2D eigenvalue weighted by Crippen LogP contribution is 2.31. The van der Waals surface area contributed by atoms with E-state index in [1.165, 1.54) is 17.2 Å². The van der Waals surface area contributed by atoms with Crippen molar-refractivity contribution in [2.45, 2.75) is 33.1 Å². The Labute approximate surface area is 198 Å². The largest absolute Gasteiger partial charge is 0.415 e. The molecule has 2 aromatic rings. The number of likely N-dealkylation sites (tertiary alicyclic amines) is 1. The van der Waals surface area contributed by atoms with Gasteiger partial charge in [0.1, 0.15) is 17.4 Å². The molecule has 0 unspecified atom stereocenters. The number of imide groups is 1. The van der Waals surface area contributed by atoms with E-state index in [1.807, 2.05) is 30.9 Å². The van der Waals surface area contributed by atoms with E-state index in [1.54, 1.807) is 23.1 Å². The van der Waals surface area contributed by atoms with Crippen LogP contribution in [0.25, 0.3) is 0 Å². The third-order valence-electron chi connectivity index (χ3n) is 6.19. The third kappa shape index (κ3) is 5.70. The summed E-state index contributed by atoms with van der Waals surface area (Å²) in [4.78, 5) is 46.2. The van der Waals surface area contributed by atoms with E-state index in [-0.39, 0.29) is 23.0 Å². The molecule has 0 aliphatic carbocycles. The van der Waals surface area contributed by atoms with Gasteiger partial charge in [-0.3, -0.25) is 14.5 Å². The van der Waals surface area contributed by atoms with Crippen LogP contribution in [0.5, 0.6) is 5.75 Å². The Hall–Kier alpha value is -3.49. The van der Waals surface area contributed by atoms with Gasteiger partial charge in [-0.1, -0.05) is 26.0 Å². The van der Waals surface area contributed by atoms with Gasteiger partial charge in [-0.25, -0.2) is 14.2 Å². The number of pyridine rings is 1. The predicted molar refractivity (Wildman–Crippen MR) is 124 cm³/mol. The van der Waals surface area contributed by atoms with Gasteiger partial charge in [0, 0.05) is 45.6 Å². The summed E-state index contributed by atoms with van der Waals surface area (Å²) in [5.74, 6) is 0.489. The summed E-state index contributed by atoms with van der Waals surface area (Å²) in [6, 6.07) is 10.1. The quantitative estimate of drug-likeness (QED) is 0.627. The standard InChI is InChI=1S/C25H29FN4O4/c1-25(2)15-22(31)30(23(32)16-25)10-9-18-3-6-20(7-4-18)34-24(33)29-13-11-28(12-14-29)21-8-5-19(26)17-27-21/h3-8,17H,9-16H2,1-2H3. The molecule has 180 valence electrons. The first-order valence-electron chi connectivity index (χ1n) is 11.5. The van der Waals surface area contributed by atoms with Crippen LogP contribution < -0.4 is 9.64 Å². The lowest BCUT2D eigenvalue weighted by Crippen LogP contribution is -2.49. The first-order valence-corrected chi connectivity index (χ1v) is 11.5. The predicted octanol–water partition coefficient (Wildman–Crippen LogP) is 3.26. The van der Waals surface area contributed by atoms with Gasteiger partial charge in [0.25, 0.3) is 0 Å². The number of nitrogens with zero attached hydrogens (tertiary/aromatic N) is 4. The molecule has 0 radical (unpaired) electrons. The highest BCUT2D eigenvalue weighted by molar-refractivity contribution is 5.98. The van der Waals surface area contributed by atoms with Crippen LogP contribution >= 0.6 is 0 Å². The van der Waals surface area contributed by atoms with Crippen LogP contribution in [0, 0.1) is 11.2 Å². The molecular weight excluding hydrogens is 439 g/mol. The monoisotopic (exact) mass is 468 g/mol. The maximum absolute atomic E-state index is 13.1. The summed E-state index contributed by atoms with van der Waals surface area (Å²) in [6.07, 6.45) is 2.06. The van der Waals surface area contributed by atoms with Crippen molar-refractivity contribution in [1.29, 1.82) is 0 Å². The Kier molecular flexibility index (Phi) is 6.81. The molecule has 8 nitrogen and oxygen atoms in total. The molecule has 4 rings (SSSR count). The van der Waals surface area contributed by atoms with Gasteiger partial charge in [-0.05, 0) is 41.7 Å². The highest BCUT2D eigenvalue weighted by Gasteiger charge is 2.37. The molecule has 0 spiro atoms. The average molecular weight is 469 g/mol. The maximum Gasteiger partial charge on any atom is 0.415 e. The van der Waals surface area contributed by atoms with Crippen LogP contribution in [0.3, 0.4) is 0 Å². The number of halogens is 1. The van der Waals surface area contributed by atoms with Crippen LogP contribution in [-0.4, -0.2) is 65.4 Å². The fraction of sp³-hybridized carbons (Fsp3) is 0.440. The zero-order chi connectivity index (χ0) is 24.3. The molecule has 0 saturated carbocycles. The minimum Gasteiger partial charge on any atom is -0.410 e. The normalized spacial score (nSPS) is 18.3. The van der Waals surface area contributed by atoms with Gasteiger partial charge in [-0.15, -0.1) is 0 Å². The number of ether oxygens (including phenoxy) is 1. The minimum absolute atomic E-state index is 0.123. The minimum atomic E-state index is -0.424. The first kappa shape index (κ1) is 23.7. The van der Waals surface area contributed by atoms with Crippen molar-refractivity contribution in [3.63, 3.8) is 0 Å². The smallest absolute Gasteiger partial charge is 0.410 e. The summed E-state index contributed by atoms with van der Waals surface area (Å²) < 4.78 is 18.6. The number of anilines is 1. The third-order valence-corrected chi connectivity index (χ3v) is 6.19. The van der Waals surface area contributed by atoms with Gasteiger partial charge < -0.3 is 14.5 Å². The fourth-order valence-electron chi connectivity index (χ4n) is 4.26. The van der Waals surface area contributed by atoms with Gasteiger partial charge in [0.15, 0.2) is 0 Å². The van der Waals surface area contributed by atoms with Gasteiger partial charge in [-0.2, -0.15) is 0 Å². The SMILES string of the molecule is CC1(C)CC(=O)N(CCc2ccc(OC(=O)N3CCN(c4ccc(F)cn4)CC3)cc2)C(=O)C1. The van der Waals surface area contributed by atoms with E-state index in [0.29, 0.717) is 63.6 Å². The van der Waals surface area contributed by atoms with Crippen LogP contribution in [0.15, 0.2) is 42.6 Å². The molecule has 34 heavy (non-hydrogen) atoms. The summed E-state index contributed by atoms with van der Waals surface area (Å²) in [7, 11) is 0. The summed E-state index contributed by atoms with van der Waals surface area (Å²) >= 11 is 0. The summed E-state index contributed by atoms with van der Waals surface area (Å²) in [5, 5.41) is 0. The van der Waals surface area contributed by atoms with E-state index < -0.39 is 6.09 Å². The topological polar surface area (TPSA) is 83.1 Å². The van der Waals surface area contributed by atoms with Gasteiger partial charge in [0.05, 0.1) is 6.20 Å². The Balaban J connectivity index is 1.24. The molecule has 0 bridgehead atoms. The molecule has 0 N–H and O–H groups in total. The molecule has 3 heterocycles. The molecule has 2 saturated heterocycles. The second kappa shape index (κ2) is 9.79. The maximum atomic E-state index is 13.1. The number of carbonyl (C=O) groups is 3. The lowest BCUT2D eigenvalue weighted by Gasteiger charge is -2.34. The number of carbonyl (C=O) groups excluding carboxylic acids is 3. The van der Waals surface area contributed by atoms with Crippen molar-refractivity contribution in [2.75, 3.05) is 37.6 Å². The Morgan fingerprint density at radius 3 is 2.24 bits per heavy atom. The molecule has 1 aromatic heterocycles. The van der Waals surface area contributed by atoms with Crippen molar-refractivity contribution >= 4 is 23.7 Å². The summed E-state index contributed by atoms with van der Waals surface area (Å²) in [5.41, 5.74) is 0.673. The Bertz CT molecular complexity index is 1030. The van der Waals surface area contributed by atoms with Crippen molar-refractivity contribution in [2.24, 2.45) is 5.41 Å². The number of amides is 3. The molecule has 2 aliphatic rings. The number of rotatable bonds is 5. The van der Waals surface area contributed by atoms with Crippen molar-refractivity contribution in [1.82, 2.24) is 14.8 Å².